The summed E-state index contributed by atoms with van der Waals surface area (Å²) in [7, 11) is -2.02. The molecule has 0 aromatic heterocycles. The summed E-state index contributed by atoms with van der Waals surface area (Å²) in [5.74, 6) is 0.535. The first-order valence-electron chi connectivity index (χ1n) is 9.00. The van der Waals surface area contributed by atoms with Gasteiger partial charge in [-0.25, -0.2) is 8.42 Å². The highest BCUT2D eigenvalue weighted by Crippen LogP contribution is 2.28. The van der Waals surface area contributed by atoms with Gasteiger partial charge < -0.3 is 10.1 Å². The highest BCUT2D eigenvalue weighted by Gasteiger charge is 2.22. The quantitative estimate of drug-likeness (QED) is 0.843. The Balaban J connectivity index is 1.85. The van der Waals surface area contributed by atoms with Gasteiger partial charge in [0.15, 0.2) is 0 Å². The van der Waals surface area contributed by atoms with Gasteiger partial charge in [-0.3, -0.25) is 4.90 Å². The first-order valence-corrected chi connectivity index (χ1v) is 10.5. The SMILES string of the molecule is CCC(c1ccc(S(=O)(=O)c2cccc(OC)c2)cc1)N1CCNCC1. The van der Waals surface area contributed by atoms with E-state index >= 15 is 0 Å². The smallest absolute Gasteiger partial charge is 0.206 e. The molecule has 3 rings (SSSR count). The summed E-state index contributed by atoms with van der Waals surface area (Å²) in [5.41, 5.74) is 1.17. The Morgan fingerprint density at radius 3 is 2.38 bits per heavy atom. The van der Waals surface area contributed by atoms with E-state index in [2.05, 4.69) is 17.1 Å². The Kier molecular flexibility index (Phi) is 5.96. The van der Waals surface area contributed by atoms with Gasteiger partial charge in [-0.1, -0.05) is 25.1 Å². The van der Waals surface area contributed by atoms with Gasteiger partial charge >= 0.3 is 0 Å². The van der Waals surface area contributed by atoms with Crippen molar-refractivity contribution in [3.63, 3.8) is 0 Å². The van der Waals surface area contributed by atoms with E-state index in [-0.39, 0.29) is 4.90 Å². The van der Waals surface area contributed by atoms with Crippen LogP contribution in [-0.2, 0) is 9.84 Å². The van der Waals surface area contributed by atoms with Gasteiger partial charge in [-0.2, -0.15) is 0 Å². The van der Waals surface area contributed by atoms with Crippen molar-refractivity contribution in [3.05, 3.63) is 54.1 Å². The molecular weight excluding hydrogens is 348 g/mol. The fourth-order valence-electron chi connectivity index (χ4n) is 3.47. The minimum absolute atomic E-state index is 0.249. The molecule has 1 heterocycles. The maximum Gasteiger partial charge on any atom is 0.206 e. The summed E-state index contributed by atoms with van der Waals surface area (Å²) in [4.78, 5) is 3.02. The summed E-state index contributed by atoms with van der Waals surface area (Å²) >= 11 is 0. The number of hydrogen-bond donors (Lipinski definition) is 1. The fraction of sp³-hybridized carbons (Fsp3) is 0.400. The number of hydrogen-bond acceptors (Lipinski definition) is 5. The lowest BCUT2D eigenvalue weighted by molar-refractivity contribution is 0.169. The third-order valence-electron chi connectivity index (χ3n) is 4.91. The number of nitrogens with one attached hydrogen (secondary N) is 1. The second-order valence-corrected chi connectivity index (χ2v) is 8.41. The molecule has 0 aliphatic carbocycles. The third-order valence-corrected chi connectivity index (χ3v) is 6.67. The Morgan fingerprint density at radius 1 is 1.08 bits per heavy atom. The summed E-state index contributed by atoms with van der Waals surface area (Å²) in [5, 5.41) is 3.37. The van der Waals surface area contributed by atoms with E-state index < -0.39 is 9.84 Å². The molecule has 1 aliphatic heterocycles. The summed E-state index contributed by atoms with van der Waals surface area (Å²) in [6, 6.07) is 14.2. The molecule has 1 unspecified atom stereocenters. The highest BCUT2D eigenvalue weighted by molar-refractivity contribution is 7.91. The van der Waals surface area contributed by atoms with E-state index in [0.29, 0.717) is 16.7 Å². The van der Waals surface area contributed by atoms with Crippen molar-refractivity contribution < 1.29 is 13.2 Å². The Hall–Kier alpha value is -1.89. The molecule has 1 atom stereocenters. The first kappa shape index (κ1) is 18.9. The maximum absolute atomic E-state index is 12.9. The summed E-state index contributed by atoms with van der Waals surface area (Å²) in [6.45, 7) is 6.20. The molecule has 0 spiro atoms. The molecule has 2 aromatic carbocycles. The molecule has 0 amide bonds. The monoisotopic (exact) mass is 374 g/mol. The van der Waals surface area contributed by atoms with E-state index in [9.17, 15) is 8.42 Å². The van der Waals surface area contributed by atoms with Crippen molar-refractivity contribution in [2.45, 2.75) is 29.2 Å². The molecule has 140 valence electrons. The van der Waals surface area contributed by atoms with Crippen LogP contribution in [0.2, 0.25) is 0 Å². The van der Waals surface area contributed by atoms with Gasteiger partial charge in [0.25, 0.3) is 0 Å². The first-order chi connectivity index (χ1) is 12.6. The van der Waals surface area contributed by atoms with E-state index in [1.54, 1.807) is 36.4 Å². The van der Waals surface area contributed by atoms with Crippen LogP contribution >= 0.6 is 0 Å². The van der Waals surface area contributed by atoms with Gasteiger partial charge in [-0.15, -0.1) is 0 Å². The lowest BCUT2D eigenvalue weighted by Crippen LogP contribution is -2.45. The number of ether oxygens (including phenoxy) is 1. The average molecular weight is 375 g/mol. The van der Waals surface area contributed by atoms with Crippen LogP contribution in [0.25, 0.3) is 0 Å². The molecule has 1 saturated heterocycles. The molecule has 5 nitrogen and oxygen atoms in total. The third kappa shape index (κ3) is 3.92. The van der Waals surface area contributed by atoms with Gasteiger partial charge in [0.05, 0.1) is 16.9 Å². The molecule has 26 heavy (non-hydrogen) atoms. The average Bonchev–Trinajstić information content (AvgIpc) is 2.70. The maximum atomic E-state index is 12.9. The van der Waals surface area contributed by atoms with Crippen molar-refractivity contribution in [2.24, 2.45) is 0 Å². The van der Waals surface area contributed by atoms with Gasteiger partial charge in [-0.05, 0) is 42.3 Å². The summed E-state index contributed by atoms with van der Waals surface area (Å²) < 4.78 is 30.9. The number of benzene rings is 2. The topological polar surface area (TPSA) is 58.6 Å². The number of piperazine rings is 1. The molecule has 0 saturated carbocycles. The van der Waals surface area contributed by atoms with Crippen molar-refractivity contribution in [3.8, 4) is 5.75 Å². The van der Waals surface area contributed by atoms with Gasteiger partial charge in [0, 0.05) is 32.2 Å². The Morgan fingerprint density at radius 2 is 1.77 bits per heavy atom. The largest absolute Gasteiger partial charge is 0.497 e. The van der Waals surface area contributed by atoms with Crippen LogP contribution in [0.1, 0.15) is 24.9 Å². The second kappa shape index (κ2) is 8.20. The Bertz CT molecular complexity index is 828. The van der Waals surface area contributed by atoms with Crippen LogP contribution in [0.5, 0.6) is 5.75 Å². The minimum atomic E-state index is -3.55. The van der Waals surface area contributed by atoms with Crippen molar-refractivity contribution >= 4 is 9.84 Å². The van der Waals surface area contributed by atoms with E-state index in [1.807, 2.05) is 12.1 Å². The lowest BCUT2D eigenvalue weighted by atomic mass is 10.0. The predicted molar refractivity (Wildman–Crippen MR) is 102 cm³/mol. The zero-order valence-corrected chi connectivity index (χ0v) is 16.1. The van der Waals surface area contributed by atoms with E-state index in [1.165, 1.54) is 12.7 Å². The van der Waals surface area contributed by atoms with E-state index in [4.69, 9.17) is 4.74 Å². The van der Waals surface area contributed by atoms with Gasteiger partial charge in [0.1, 0.15) is 5.75 Å². The van der Waals surface area contributed by atoms with Crippen LogP contribution in [0, 0.1) is 0 Å². The minimum Gasteiger partial charge on any atom is -0.497 e. The molecule has 6 heteroatoms. The Labute approximate surface area is 155 Å². The van der Waals surface area contributed by atoms with Crippen LogP contribution in [-0.4, -0.2) is 46.6 Å². The molecule has 1 fully saturated rings. The fourth-order valence-corrected chi connectivity index (χ4v) is 4.77. The standard InChI is InChI=1S/C20H26N2O3S/c1-3-20(22-13-11-21-12-14-22)16-7-9-18(10-8-16)26(23,24)19-6-4-5-17(15-19)25-2/h4-10,15,20-21H,3,11-14H2,1-2H3. The van der Waals surface area contributed by atoms with Crippen LogP contribution in [0.3, 0.4) is 0 Å². The zero-order chi connectivity index (χ0) is 18.6. The van der Waals surface area contributed by atoms with Crippen molar-refractivity contribution in [2.75, 3.05) is 33.3 Å². The zero-order valence-electron chi connectivity index (χ0n) is 15.3. The second-order valence-electron chi connectivity index (χ2n) is 6.46. The predicted octanol–water partition coefficient (Wildman–Crippen LogP) is 2.88. The van der Waals surface area contributed by atoms with Crippen molar-refractivity contribution in [1.82, 2.24) is 10.2 Å². The number of rotatable bonds is 6. The molecule has 2 aromatic rings. The number of methoxy groups -OCH3 is 1. The normalized spacial score (nSPS) is 17.0. The highest BCUT2D eigenvalue weighted by atomic mass is 32.2. The molecule has 0 radical (unpaired) electrons. The van der Waals surface area contributed by atoms with Gasteiger partial charge in [0.2, 0.25) is 9.84 Å². The van der Waals surface area contributed by atoms with Crippen LogP contribution in [0.4, 0.5) is 0 Å². The molecule has 1 aliphatic rings. The van der Waals surface area contributed by atoms with Crippen LogP contribution in [0.15, 0.2) is 58.3 Å². The lowest BCUT2D eigenvalue weighted by Gasteiger charge is -2.34. The van der Waals surface area contributed by atoms with E-state index in [0.717, 1.165) is 32.6 Å². The molecule has 1 N–H and O–H groups in total. The van der Waals surface area contributed by atoms with Crippen LogP contribution < -0.4 is 10.1 Å². The number of nitrogens with zero attached hydrogens (tertiary/aromatic N) is 1. The molecule has 0 bridgehead atoms. The summed E-state index contributed by atoms with van der Waals surface area (Å²) in [6.07, 6.45) is 1.00. The number of sulfone groups is 1. The molecular formula is C20H26N2O3S. The van der Waals surface area contributed by atoms with Crippen molar-refractivity contribution in [1.29, 1.82) is 0 Å².